The summed E-state index contributed by atoms with van der Waals surface area (Å²) in [5.74, 6) is 0.876. The molecular formula is C17H26Cl2N4O3. The van der Waals surface area contributed by atoms with Crippen molar-refractivity contribution in [1.82, 2.24) is 10.2 Å². The summed E-state index contributed by atoms with van der Waals surface area (Å²) in [6, 6.07) is 6.70. The number of carbonyl (C=O) groups is 1. The minimum absolute atomic E-state index is 0. The summed E-state index contributed by atoms with van der Waals surface area (Å²) in [7, 11) is 0. The van der Waals surface area contributed by atoms with Crippen LogP contribution in [0.25, 0.3) is 0 Å². The Bertz CT molecular complexity index is 603. The van der Waals surface area contributed by atoms with Crippen LogP contribution in [0.2, 0.25) is 0 Å². The Balaban J connectivity index is 0.00000169. The molecule has 1 unspecified atom stereocenters. The predicted molar refractivity (Wildman–Crippen MR) is 107 cm³/mol. The first-order valence-corrected chi connectivity index (χ1v) is 8.61. The van der Waals surface area contributed by atoms with E-state index in [1.54, 1.807) is 12.1 Å². The Hall–Kier alpha value is -1.57. The van der Waals surface area contributed by atoms with Crippen molar-refractivity contribution in [2.45, 2.75) is 19.3 Å². The van der Waals surface area contributed by atoms with E-state index in [-0.39, 0.29) is 41.3 Å². The van der Waals surface area contributed by atoms with E-state index in [1.807, 2.05) is 11.0 Å². The topological polar surface area (TPSA) is 78.7 Å². The van der Waals surface area contributed by atoms with Crippen molar-refractivity contribution >= 4 is 42.1 Å². The molecule has 2 heterocycles. The van der Waals surface area contributed by atoms with Gasteiger partial charge in [-0.2, -0.15) is 0 Å². The number of nitrogens with one attached hydrogen (secondary N) is 1. The monoisotopic (exact) mass is 404 g/mol. The van der Waals surface area contributed by atoms with E-state index in [9.17, 15) is 14.9 Å². The molecule has 1 aromatic carbocycles. The highest BCUT2D eigenvalue weighted by atomic mass is 35.5. The lowest BCUT2D eigenvalue weighted by Crippen LogP contribution is -2.48. The van der Waals surface area contributed by atoms with Crippen LogP contribution in [0.3, 0.4) is 0 Å². The number of benzene rings is 1. The first-order chi connectivity index (χ1) is 11.6. The van der Waals surface area contributed by atoms with Gasteiger partial charge < -0.3 is 15.1 Å². The summed E-state index contributed by atoms with van der Waals surface area (Å²) in [6.07, 6.45) is 2.77. The second kappa shape index (κ2) is 10.5. The molecule has 146 valence electrons. The Labute approximate surface area is 166 Å². The van der Waals surface area contributed by atoms with Crippen molar-refractivity contribution < 1.29 is 9.72 Å². The zero-order valence-corrected chi connectivity index (χ0v) is 16.3. The van der Waals surface area contributed by atoms with Crippen LogP contribution < -0.4 is 10.2 Å². The van der Waals surface area contributed by atoms with Crippen molar-refractivity contribution in [2.24, 2.45) is 5.92 Å². The van der Waals surface area contributed by atoms with Gasteiger partial charge in [-0.1, -0.05) is 6.07 Å². The maximum absolute atomic E-state index is 12.3. The molecule has 0 aliphatic carbocycles. The summed E-state index contributed by atoms with van der Waals surface area (Å²) in [5.41, 5.74) is 0.963. The molecule has 26 heavy (non-hydrogen) atoms. The van der Waals surface area contributed by atoms with Crippen molar-refractivity contribution in [2.75, 3.05) is 44.2 Å². The summed E-state index contributed by atoms with van der Waals surface area (Å²) in [4.78, 5) is 26.9. The maximum atomic E-state index is 12.3. The summed E-state index contributed by atoms with van der Waals surface area (Å²) < 4.78 is 0. The van der Waals surface area contributed by atoms with Crippen LogP contribution in [-0.4, -0.2) is 55.0 Å². The Morgan fingerprint density at radius 3 is 2.58 bits per heavy atom. The Morgan fingerprint density at radius 1 is 1.23 bits per heavy atom. The summed E-state index contributed by atoms with van der Waals surface area (Å²) >= 11 is 0. The van der Waals surface area contributed by atoms with E-state index in [4.69, 9.17) is 0 Å². The number of halogens is 2. The molecule has 7 nitrogen and oxygen atoms in total. The Morgan fingerprint density at radius 2 is 1.96 bits per heavy atom. The largest absolute Gasteiger partial charge is 0.368 e. The number of nitro groups is 1. The molecule has 0 aromatic heterocycles. The minimum Gasteiger partial charge on any atom is -0.368 e. The molecule has 1 N–H and O–H groups in total. The van der Waals surface area contributed by atoms with E-state index in [0.717, 1.165) is 38.3 Å². The van der Waals surface area contributed by atoms with Gasteiger partial charge in [-0.25, -0.2) is 0 Å². The molecule has 0 bridgehead atoms. The van der Waals surface area contributed by atoms with E-state index < -0.39 is 0 Å². The molecular weight excluding hydrogens is 379 g/mol. The normalized spacial score (nSPS) is 19.5. The minimum atomic E-state index is -0.374. The van der Waals surface area contributed by atoms with Gasteiger partial charge in [0.15, 0.2) is 0 Å². The predicted octanol–water partition coefficient (Wildman–Crippen LogP) is 2.48. The highest BCUT2D eigenvalue weighted by Crippen LogP contribution is 2.22. The molecule has 0 saturated carbocycles. The average Bonchev–Trinajstić information content (AvgIpc) is 3.13. The second-order valence-electron chi connectivity index (χ2n) is 6.54. The lowest BCUT2D eigenvalue weighted by molar-refractivity contribution is -0.384. The van der Waals surface area contributed by atoms with Gasteiger partial charge in [0.1, 0.15) is 0 Å². The number of carbonyl (C=O) groups excluding carboxylic acids is 1. The van der Waals surface area contributed by atoms with Crippen LogP contribution in [0.15, 0.2) is 24.3 Å². The summed E-state index contributed by atoms with van der Waals surface area (Å²) in [6.45, 7) is 4.92. The number of hydrogen-bond acceptors (Lipinski definition) is 5. The fraction of sp³-hybridized carbons (Fsp3) is 0.588. The fourth-order valence-electron chi connectivity index (χ4n) is 3.46. The van der Waals surface area contributed by atoms with Gasteiger partial charge in [-0.05, 0) is 37.9 Å². The number of amides is 1. The van der Waals surface area contributed by atoms with Gasteiger partial charge >= 0.3 is 0 Å². The van der Waals surface area contributed by atoms with Crippen LogP contribution in [0.4, 0.5) is 11.4 Å². The molecule has 0 spiro atoms. The standard InChI is InChI=1S/C17H24N4O3.2ClH/c22-17(5-4-14-6-7-18-13-14)20-10-8-19(9-11-20)15-2-1-3-16(12-15)21(23)24;;/h1-3,12,14,18H,4-11,13H2;2*1H. The number of rotatable bonds is 5. The third-order valence-electron chi connectivity index (χ3n) is 4.97. The molecule has 1 aromatic rings. The third kappa shape index (κ3) is 5.72. The van der Waals surface area contributed by atoms with Crippen LogP contribution in [-0.2, 0) is 4.79 Å². The van der Waals surface area contributed by atoms with Crippen molar-refractivity contribution in [3.8, 4) is 0 Å². The van der Waals surface area contributed by atoms with E-state index in [0.29, 0.717) is 25.4 Å². The quantitative estimate of drug-likeness (QED) is 0.602. The lowest BCUT2D eigenvalue weighted by atomic mass is 10.0. The van der Waals surface area contributed by atoms with Gasteiger partial charge in [0, 0.05) is 50.4 Å². The third-order valence-corrected chi connectivity index (χ3v) is 4.97. The molecule has 2 aliphatic heterocycles. The zero-order chi connectivity index (χ0) is 16.9. The van der Waals surface area contributed by atoms with Crippen LogP contribution in [0, 0.1) is 16.0 Å². The number of hydrogen-bond donors (Lipinski definition) is 1. The first-order valence-electron chi connectivity index (χ1n) is 8.61. The molecule has 3 rings (SSSR count). The van der Waals surface area contributed by atoms with Crippen molar-refractivity contribution in [3.63, 3.8) is 0 Å². The second-order valence-corrected chi connectivity index (χ2v) is 6.54. The molecule has 2 fully saturated rings. The molecule has 2 saturated heterocycles. The molecule has 2 aliphatic rings. The molecule has 1 atom stereocenters. The highest BCUT2D eigenvalue weighted by molar-refractivity contribution is 5.85. The highest BCUT2D eigenvalue weighted by Gasteiger charge is 2.23. The SMILES string of the molecule is Cl.Cl.O=C(CCC1CCNC1)N1CCN(c2cccc([N+](=O)[O-])c2)CC1. The lowest BCUT2D eigenvalue weighted by Gasteiger charge is -2.36. The van der Waals surface area contributed by atoms with Gasteiger partial charge in [-0.15, -0.1) is 24.8 Å². The van der Waals surface area contributed by atoms with E-state index in [1.165, 1.54) is 12.5 Å². The van der Waals surface area contributed by atoms with Crippen molar-refractivity contribution in [3.05, 3.63) is 34.4 Å². The average molecular weight is 405 g/mol. The summed E-state index contributed by atoms with van der Waals surface area (Å²) in [5, 5.41) is 14.2. The molecule has 1 amide bonds. The van der Waals surface area contributed by atoms with Crippen LogP contribution >= 0.6 is 24.8 Å². The molecule has 9 heteroatoms. The number of piperazine rings is 1. The zero-order valence-electron chi connectivity index (χ0n) is 14.6. The van der Waals surface area contributed by atoms with Gasteiger partial charge in [0.2, 0.25) is 5.91 Å². The van der Waals surface area contributed by atoms with E-state index in [2.05, 4.69) is 10.2 Å². The van der Waals surface area contributed by atoms with E-state index >= 15 is 0 Å². The van der Waals surface area contributed by atoms with Gasteiger partial charge in [-0.3, -0.25) is 14.9 Å². The molecule has 0 radical (unpaired) electrons. The van der Waals surface area contributed by atoms with Crippen LogP contribution in [0.1, 0.15) is 19.3 Å². The van der Waals surface area contributed by atoms with Crippen molar-refractivity contribution in [1.29, 1.82) is 0 Å². The first kappa shape index (κ1) is 22.5. The number of non-ortho nitro benzene ring substituents is 1. The fourth-order valence-corrected chi connectivity index (χ4v) is 3.46. The maximum Gasteiger partial charge on any atom is 0.271 e. The number of anilines is 1. The van der Waals surface area contributed by atoms with Gasteiger partial charge in [0.25, 0.3) is 5.69 Å². The smallest absolute Gasteiger partial charge is 0.271 e. The Kier molecular flexibility index (Phi) is 9.12. The number of nitrogens with zero attached hydrogens (tertiary/aromatic N) is 3. The van der Waals surface area contributed by atoms with Gasteiger partial charge in [0.05, 0.1) is 4.92 Å². The van der Waals surface area contributed by atoms with Crippen LogP contribution in [0.5, 0.6) is 0 Å². The number of nitro benzene ring substituents is 1.